The predicted molar refractivity (Wildman–Crippen MR) is 57.4 cm³/mol. The summed E-state index contributed by atoms with van der Waals surface area (Å²) >= 11 is 0. The predicted octanol–water partition coefficient (Wildman–Crippen LogP) is 1.02. The zero-order valence-corrected chi connectivity index (χ0v) is 8.75. The van der Waals surface area contributed by atoms with Crippen molar-refractivity contribution in [1.29, 1.82) is 0 Å². The summed E-state index contributed by atoms with van der Waals surface area (Å²) in [6, 6.07) is 5.69. The molecule has 2 aromatic rings. The van der Waals surface area contributed by atoms with Crippen molar-refractivity contribution in [1.82, 2.24) is 10.5 Å². The number of nitrogens with one attached hydrogen (secondary N) is 1. The number of rotatable bonds is 3. The molecule has 6 heteroatoms. The molecule has 0 saturated carbocycles. The molecule has 0 fully saturated rings. The first-order valence-corrected chi connectivity index (χ1v) is 4.87. The average molecular weight is 234 g/mol. The third kappa shape index (κ3) is 2.36. The lowest BCUT2D eigenvalue weighted by Crippen LogP contribution is -2.23. The minimum atomic E-state index is -0.580. The summed E-state index contributed by atoms with van der Waals surface area (Å²) in [5.41, 5.74) is 0.393. The van der Waals surface area contributed by atoms with Crippen LogP contribution in [0.4, 0.5) is 0 Å². The highest BCUT2D eigenvalue weighted by Crippen LogP contribution is 2.25. The number of nitrogens with zero attached hydrogens (tertiary/aromatic N) is 1. The highest BCUT2D eigenvalue weighted by molar-refractivity contribution is 5.99. The third-order valence-corrected chi connectivity index (χ3v) is 2.17. The molecule has 0 radical (unpaired) electrons. The van der Waals surface area contributed by atoms with E-state index in [1.165, 1.54) is 24.5 Å². The van der Waals surface area contributed by atoms with Crippen LogP contribution in [0.1, 0.15) is 16.1 Å². The molecule has 88 valence electrons. The maximum absolute atomic E-state index is 11.7. The van der Waals surface area contributed by atoms with Crippen molar-refractivity contribution in [3.05, 3.63) is 41.8 Å². The van der Waals surface area contributed by atoms with E-state index in [0.29, 0.717) is 5.69 Å². The number of aromatic nitrogens is 1. The second-order valence-electron chi connectivity index (χ2n) is 3.34. The molecule has 0 spiro atoms. The Hall–Kier alpha value is -2.50. The van der Waals surface area contributed by atoms with Crippen molar-refractivity contribution in [3.63, 3.8) is 0 Å². The summed E-state index contributed by atoms with van der Waals surface area (Å²) in [6.07, 6.45) is 1.39. The molecular formula is C11H10N2O4. The topological polar surface area (TPSA) is 95.6 Å². The Balaban J connectivity index is 2.10. The first-order chi connectivity index (χ1) is 8.18. The van der Waals surface area contributed by atoms with Crippen LogP contribution in [0.3, 0.4) is 0 Å². The van der Waals surface area contributed by atoms with Gasteiger partial charge < -0.3 is 20.1 Å². The Bertz CT molecular complexity index is 502. The summed E-state index contributed by atoms with van der Waals surface area (Å²) in [6.45, 7) is 0.156. The molecule has 6 nitrogen and oxygen atoms in total. The van der Waals surface area contributed by atoms with E-state index in [0.717, 1.165) is 0 Å². The van der Waals surface area contributed by atoms with Crippen molar-refractivity contribution in [2.45, 2.75) is 6.54 Å². The average Bonchev–Trinajstić information content (AvgIpc) is 2.79. The van der Waals surface area contributed by atoms with Crippen LogP contribution in [0, 0.1) is 0 Å². The van der Waals surface area contributed by atoms with Gasteiger partial charge >= 0.3 is 0 Å². The van der Waals surface area contributed by atoms with Gasteiger partial charge in [0.25, 0.3) is 5.91 Å². The number of amides is 1. The van der Waals surface area contributed by atoms with Crippen LogP contribution >= 0.6 is 0 Å². The van der Waals surface area contributed by atoms with Crippen molar-refractivity contribution >= 4 is 5.91 Å². The van der Waals surface area contributed by atoms with Gasteiger partial charge in [-0.1, -0.05) is 11.2 Å². The van der Waals surface area contributed by atoms with Crippen molar-refractivity contribution in [2.75, 3.05) is 0 Å². The molecule has 1 heterocycles. The molecule has 3 N–H and O–H groups in total. The first-order valence-electron chi connectivity index (χ1n) is 4.87. The number of hydrogen-bond donors (Lipinski definition) is 3. The zero-order valence-electron chi connectivity index (χ0n) is 8.75. The van der Waals surface area contributed by atoms with Gasteiger partial charge in [0.2, 0.25) is 0 Å². The van der Waals surface area contributed by atoms with Gasteiger partial charge in [0.05, 0.1) is 6.54 Å². The normalized spacial score (nSPS) is 10.1. The number of phenolic OH excluding ortho intramolecular Hbond substituents is 2. The minimum absolute atomic E-state index is 0.156. The van der Waals surface area contributed by atoms with Gasteiger partial charge in [0.15, 0.2) is 0 Å². The van der Waals surface area contributed by atoms with E-state index in [4.69, 9.17) is 0 Å². The molecular weight excluding hydrogens is 224 g/mol. The van der Waals surface area contributed by atoms with Gasteiger partial charge in [0.1, 0.15) is 29.0 Å². The van der Waals surface area contributed by atoms with Gasteiger partial charge in [-0.15, -0.1) is 0 Å². The second kappa shape index (κ2) is 4.56. The summed E-state index contributed by atoms with van der Waals surface area (Å²) in [5.74, 6) is -1.13. The van der Waals surface area contributed by atoms with Crippen molar-refractivity contribution in [2.24, 2.45) is 0 Å². The summed E-state index contributed by atoms with van der Waals surface area (Å²) in [7, 11) is 0. The van der Waals surface area contributed by atoms with Crippen molar-refractivity contribution in [3.8, 4) is 11.5 Å². The van der Waals surface area contributed by atoms with E-state index in [-0.39, 0.29) is 23.6 Å². The SMILES string of the molecule is O=C(NCc1ccon1)c1c(O)cccc1O. The lowest BCUT2D eigenvalue weighted by atomic mass is 10.1. The Morgan fingerprint density at radius 3 is 2.59 bits per heavy atom. The van der Waals surface area contributed by atoms with Gasteiger partial charge in [0, 0.05) is 6.07 Å². The fourth-order valence-electron chi connectivity index (χ4n) is 1.35. The van der Waals surface area contributed by atoms with Crippen LogP contribution in [0.15, 0.2) is 35.1 Å². The lowest BCUT2D eigenvalue weighted by Gasteiger charge is -2.06. The van der Waals surface area contributed by atoms with E-state index in [1.54, 1.807) is 6.07 Å². The summed E-state index contributed by atoms with van der Waals surface area (Å²) in [4.78, 5) is 11.7. The fourth-order valence-corrected chi connectivity index (χ4v) is 1.35. The Kier molecular flexibility index (Phi) is 2.95. The van der Waals surface area contributed by atoms with E-state index >= 15 is 0 Å². The molecule has 0 aliphatic carbocycles. The molecule has 0 aliphatic rings. The number of hydrogen-bond acceptors (Lipinski definition) is 5. The third-order valence-electron chi connectivity index (χ3n) is 2.17. The smallest absolute Gasteiger partial charge is 0.259 e. The number of carbonyl (C=O) groups excluding carboxylic acids is 1. The van der Waals surface area contributed by atoms with Gasteiger partial charge in [-0.3, -0.25) is 4.79 Å². The van der Waals surface area contributed by atoms with Crippen LogP contribution in [-0.4, -0.2) is 21.3 Å². The molecule has 1 amide bonds. The van der Waals surface area contributed by atoms with E-state index in [9.17, 15) is 15.0 Å². The van der Waals surface area contributed by atoms with Gasteiger partial charge in [-0.05, 0) is 12.1 Å². The molecule has 0 saturated heterocycles. The van der Waals surface area contributed by atoms with Crippen LogP contribution in [0.25, 0.3) is 0 Å². The molecule has 0 bridgehead atoms. The monoisotopic (exact) mass is 234 g/mol. The zero-order chi connectivity index (χ0) is 12.3. The highest BCUT2D eigenvalue weighted by Gasteiger charge is 2.15. The van der Waals surface area contributed by atoms with Crippen LogP contribution in [0.5, 0.6) is 11.5 Å². The van der Waals surface area contributed by atoms with Gasteiger partial charge in [-0.25, -0.2) is 0 Å². The maximum Gasteiger partial charge on any atom is 0.259 e. The molecule has 0 atom stereocenters. The summed E-state index contributed by atoms with van der Waals surface area (Å²) < 4.78 is 4.60. The fraction of sp³-hybridized carbons (Fsp3) is 0.0909. The van der Waals surface area contributed by atoms with Crippen molar-refractivity contribution < 1.29 is 19.5 Å². The molecule has 0 aliphatic heterocycles. The summed E-state index contributed by atoms with van der Waals surface area (Å²) in [5, 5.41) is 25.0. The Morgan fingerprint density at radius 2 is 2.00 bits per heavy atom. The van der Waals surface area contributed by atoms with E-state index in [1.807, 2.05) is 0 Å². The lowest BCUT2D eigenvalue weighted by molar-refractivity contribution is 0.0944. The van der Waals surface area contributed by atoms with E-state index in [2.05, 4.69) is 15.0 Å². The number of phenols is 2. The largest absolute Gasteiger partial charge is 0.507 e. The first kappa shape index (κ1) is 11.0. The molecule has 1 aromatic carbocycles. The molecule has 1 aromatic heterocycles. The van der Waals surface area contributed by atoms with Crippen LogP contribution in [-0.2, 0) is 6.54 Å². The van der Waals surface area contributed by atoms with Gasteiger partial charge in [-0.2, -0.15) is 0 Å². The standard InChI is InChI=1S/C11H10N2O4/c14-8-2-1-3-9(15)10(8)11(16)12-6-7-4-5-17-13-7/h1-5,14-15H,6H2,(H,12,16). The Labute approximate surface area is 96.5 Å². The number of benzene rings is 1. The number of aromatic hydroxyl groups is 2. The van der Waals surface area contributed by atoms with E-state index < -0.39 is 5.91 Å². The second-order valence-corrected chi connectivity index (χ2v) is 3.34. The quantitative estimate of drug-likeness (QED) is 0.736. The minimum Gasteiger partial charge on any atom is -0.507 e. The highest BCUT2D eigenvalue weighted by atomic mass is 16.5. The van der Waals surface area contributed by atoms with Crippen LogP contribution in [0.2, 0.25) is 0 Å². The Morgan fingerprint density at radius 1 is 1.29 bits per heavy atom. The molecule has 17 heavy (non-hydrogen) atoms. The molecule has 2 rings (SSSR count). The van der Waals surface area contributed by atoms with Crippen LogP contribution < -0.4 is 5.32 Å². The molecule has 0 unspecified atom stereocenters. The number of carbonyl (C=O) groups is 1. The maximum atomic E-state index is 11.7.